The van der Waals surface area contributed by atoms with Crippen LogP contribution in [0, 0.1) is 39.4 Å². The maximum absolute atomic E-state index is 15.7. The topological polar surface area (TPSA) is 79.6 Å². The molecule has 8 heteroatoms. The van der Waals surface area contributed by atoms with Crippen molar-refractivity contribution < 1.29 is 19.1 Å². The number of halogens is 1. The van der Waals surface area contributed by atoms with E-state index >= 15 is 4.39 Å². The summed E-state index contributed by atoms with van der Waals surface area (Å²) in [5, 5.41) is 9.82. The van der Waals surface area contributed by atoms with Crippen molar-refractivity contribution in [3.8, 4) is 11.1 Å². The summed E-state index contributed by atoms with van der Waals surface area (Å²) < 4.78 is 17.2. The summed E-state index contributed by atoms with van der Waals surface area (Å²) in [7, 11) is 3.96. The summed E-state index contributed by atoms with van der Waals surface area (Å²) in [6, 6.07) is 10.2. The number of nitrogens with zero attached hydrogens (tertiary/aromatic N) is 2. The third kappa shape index (κ3) is 9.13. The summed E-state index contributed by atoms with van der Waals surface area (Å²) in [5.41, 5.74) is 6.01. The van der Waals surface area contributed by atoms with Crippen molar-refractivity contribution in [2.75, 3.05) is 20.6 Å². The molecular formula is C35H47FN2O4S. The van der Waals surface area contributed by atoms with Crippen molar-refractivity contribution in [1.29, 1.82) is 0 Å². The molecule has 6 nitrogen and oxygen atoms in total. The van der Waals surface area contributed by atoms with Crippen LogP contribution in [0.1, 0.15) is 78.5 Å². The Hall–Kier alpha value is -3.23. The van der Waals surface area contributed by atoms with Gasteiger partial charge in [0.1, 0.15) is 5.82 Å². The molecule has 0 aliphatic carbocycles. The Balaban J connectivity index is 0.00000645. The smallest absolute Gasteiger partial charge is 0.303 e. The van der Waals surface area contributed by atoms with Gasteiger partial charge in [0.05, 0.1) is 12.5 Å². The van der Waals surface area contributed by atoms with Crippen LogP contribution in [-0.4, -0.2) is 47.0 Å². The van der Waals surface area contributed by atoms with E-state index in [-0.39, 0.29) is 42.7 Å². The number of hydrogen-bond acceptors (Lipinski definition) is 4. The molecule has 0 fully saturated rings. The number of likely N-dealkylation sites (N-methyl/N-ethyl adjacent to an activating group) is 1. The van der Waals surface area contributed by atoms with Crippen molar-refractivity contribution >= 4 is 25.2 Å². The quantitative estimate of drug-likeness (QED) is 0.228. The van der Waals surface area contributed by atoms with Gasteiger partial charge in [-0.05, 0) is 117 Å². The Morgan fingerprint density at radius 1 is 0.953 bits per heavy atom. The van der Waals surface area contributed by atoms with Crippen molar-refractivity contribution in [1.82, 2.24) is 9.47 Å². The third-order valence-corrected chi connectivity index (χ3v) is 7.99. The van der Waals surface area contributed by atoms with Crippen LogP contribution in [0.5, 0.6) is 0 Å². The van der Waals surface area contributed by atoms with Gasteiger partial charge in [-0.3, -0.25) is 14.4 Å². The van der Waals surface area contributed by atoms with Crippen molar-refractivity contribution in [3.05, 3.63) is 92.1 Å². The first-order valence-electron chi connectivity index (χ1n) is 14.7. The molecule has 234 valence electrons. The van der Waals surface area contributed by atoms with Gasteiger partial charge >= 0.3 is 5.97 Å². The van der Waals surface area contributed by atoms with Gasteiger partial charge in [0, 0.05) is 31.1 Å². The highest BCUT2D eigenvalue weighted by Gasteiger charge is 2.30. The van der Waals surface area contributed by atoms with E-state index in [2.05, 4.69) is 4.90 Å². The van der Waals surface area contributed by atoms with Gasteiger partial charge in [0.2, 0.25) is 0 Å². The fraction of sp³-hybridized carbons (Fsp3) is 0.457. The Morgan fingerprint density at radius 2 is 1.58 bits per heavy atom. The number of carboxylic acids is 1. The highest BCUT2D eigenvalue weighted by Crippen LogP contribution is 2.36. The zero-order valence-corrected chi connectivity index (χ0v) is 27.8. The summed E-state index contributed by atoms with van der Waals surface area (Å²) in [5.74, 6) is -2.67. The van der Waals surface area contributed by atoms with Gasteiger partial charge in [-0.15, -0.1) is 0 Å². The molecule has 0 radical (unpaired) electrons. The fourth-order valence-electron chi connectivity index (χ4n) is 5.77. The molecule has 0 saturated carbocycles. The molecule has 2 atom stereocenters. The molecular weight excluding hydrogens is 563 g/mol. The molecule has 3 aromatic rings. The van der Waals surface area contributed by atoms with Crippen molar-refractivity contribution in [2.24, 2.45) is 5.92 Å². The molecule has 0 amide bonds. The summed E-state index contributed by atoms with van der Waals surface area (Å²) in [6.07, 6.45) is 2.33. The number of aromatic nitrogens is 1. The van der Waals surface area contributed by atoms with Crippen molar-refractivity contribution in [2.45, 2.75) is 79.2 Å². The number of pyridine rings is 1. The first-order chi connectivity index (χ1) is 19.7. The predicted octanol–water partition coefficient (Wildman–Crippen LogP) is 6.91. The van der Waals surface area contributed by atoms with Gasteiger partial charge in [0.15, 0.2) is 5.78 Å². The van der Waals surface area contributed by atoms with Crippen LogP contribution in [0.25, 0.3) is 11.1 Å². The number of rotatable bonds is 13. The number of Topliss-reactive ketones (excluding diaryl/α,β-unsaturated/α-hetero) is 1. The molecule has 43 heavy (non-hydrogen) atoms. The number of carbonyl (C=O) groups is 2. The van der Waals surface area contributed by atoms with E-state index in [9.17, 15) is 19.5 Å². The predicted molar refractivity (Wildman–Crippen MR) is 177 cm³/mol. The van der Waals surface area contributed by atoms with Crippen LogP contribution in [0.4, 0.5) is 4.39 Å². The lowest BCUT2D eigenvalue weighted by molar-refractivity contribution is -0.137. The molecule has 0 spiro atoms. The Morgan fingerprint density at radius 3 is 2.14 bits per heavy atom. The second-order valence-corrected chi connectivity index (χ2v) is 12.4. The maximum Gasteiger partial charge on any atom is 0.303 e. The van der Waals surface area contributed by atoms with Crippen LogP contribution in [-0.2, 0) is 16.0 Å². The normalized spacial score (nSPS) is 12.7. The van der Waals surface area contributed by atoms with E-state index in [0.717, 1.165) is 46.3 Å². The van der Waals surface area contributed by atoms with E-state index in [1.54, 1.807) is 31.3 Å². The van der Waals surface area contributed by atoms with Crippen LogP contribution in [0.2, 0.25) is 0 Å². The molecule has 0 saturated heterocycles. The highest BCUT2D eigenvalue weighted by molar-refractivity contribution is 7.59. The Bertz CT molecular complexity index is 1490. The number of aryl methyl sites for hydroxylation is 4. The lowest BCUT2D eigenvalue weighted by Crippen LogP contribution is -2.32. The van der Waals surface area contributed by atoms with Gasteiger partial charge in [-0.2, -0.15) is 13.5 Å². The first-order valence-corrected chi connectivity index (χ1v) is 14.7. The van der Waals surface area contributed by atoms with Gasteiger partial charge in [-0.25, -0.2) is 4.39 Å². The average molecular weight is 611 g/mol. The number of aliphatic carboxylic acids is 1. The first kappa shape index (κ1) is 36.0. The lowest BCUT2D eigenvalue weighted by atomic mass is 9.84. The Labute approximate surface area is 262 Å². The van der Waals surface area contributed by atoms with E-state index in [1.807, 2.05) is 66.9 Å². The monoisotopic (exact) mass is 610 g/mol. The average Bonchev–Trinajstić information content (AvgIpc) is 2.88. The molecule has 1 aromatic heterocycles. The van der Waals surface area contributed by atoms with Crippen LogP contribution in [0.3, 0.4) is 0 Å². The second kappa shape index (κ2) is 15.5. The van der Waals surface area contributed by atoms with Gasteiger partial charge in [0.25, 0.3) is 5.56 Å². The minimum Gasteiger partial charge on any atom is -0.481 e. The number of carboxylic acid groups (broad SMARTS) is 1. The number of carbonyl (C=O) groups excluding carboxylic acids is 1. The second-order valence-electron chi connectivity index (χ2n) is 12.4. The number of benzene rings is 2. The molecule has 0 aliphatic rings. The molecule has 1 heterocycles. The van der Waals surface area contributed by atoms with E-state index in [1.165, 1.54) is 4.57 Å². The van der Waals surface area contributed by atoms with E-state index in [0.29, 0.717) is 12.0 Å². The van der Waals surface area contributed by atoms with Crippen molar-refractivity contribution in [3.63, 3.8) is 0 Å². The van der Waals surface area contributed by atoms with Gasteiger partial charge < -0.3 is 14.6 Å². The summed E-state index contributed by atoms with van der Waals surface area (Å²) >= 11 is 0. The lowest BCUT2D eigenvalue weighted by Gasteiger charge is -2.25. The maximum atomic E-state index is 15.7. The summed E-state index contributed by atoms with van der Waals surface area (Å²) in [4.78, 5) is 41.3. The molecule has 0 bridgehead atoms. The van der Waals surface area contributed by atoms with E-state index in [4.69, 9.17) is 0 Å². The number of ketones is 1. The zero-order valence-electron chi connectivity index (χ0n) is 26.8. The van der Waals surface area contributed by atoms with Crippen LogP contribution < -0.4 is 5.56 Å². The van der Waals surface area contributed by atoms with Gasteiger partial charge in [-0.1, -0.05) is 32.0 Å². The molecule has 0 aliphatic heterocycles. The Kier molecular flexibility index (Phi) is 12.9. The van der Waals surface area contributed by atoms with Crippen LogP contribution in [0.15, 0.2) is 47.4 Å². The number of hydrogen-bond donors (Lipinski definition) is 1. The molecule has 3 rings (SSSR count). The molecule has 2 aromatic carbocycles. The fourth-order valence-corrected chi connectivity index (χ4v) is 5.77. The SMILES string of the molecule is Cc1cc(=O)n(C(CC(C)C)C(=O)C[C@@H](CC(=O)O)c2cc(-c3c(C)cccc3C)cc(C)c2F)cc1CCN(C)C.S. The summed E-state index contributed by atoms with van der Waals surface area (Å²) in [6.45, 7) is 12.3. The largest absolute Gasteiger partial charge is 0.481 e. The standard InChI is InChI=1S/C35H45FN2O4.H2S/c1-21(2)14-30(38-20-26(12-13-37(7)8)24(5)16-32(38)40)31(39)18-27(19-33(41)42)29-17-28(15-25(6)35(29)36)34-22(3)10-9-11-23(34)4;/h9-11,15-17,20-21,27,30H,12-14,18-19H2,1-8H3,(H,41,42);1H2/t27-,30?;/m0./s1. The zero-order chi connectivity index (χ0) is 31.3. The van der Waals surface area contributed by atoms with E-state index < -0.39 is 30.2 Å². The minimum atomic E-state index is -1.11. The molecule has 1 unspecified atom stereocenters. The third-order valence-electron chi connectivity index (χ3n) is 7.99. The highest BCUT2D eigenvalue weighted by atomic mass is 32.1. The molecule has 1 N–H and O–H groups in total. The van der Waals surface area contributed by atoms with Crippen LogP contribution >= 0.6 is 13.5 Å². The minimum absolute atomic E-state index is 0.